The van der Waals surface area contributed by atoms with Crippen molar-refractivity contribution >= 4 is 17.5 Å². The Labute approximate surface area is 182 Å². The van der Waals surface area contributed by atoms with Gasteiger partial charge in [-0.1, -0.05) is 6.92 Å². The van der Waals surface area contributed by atoms with Gasteiger partial charge in [0.05, 0.1) is 6.04 Å². The number of carbonyl (C=O) groups is 2. The predicted octanol–water partition coefficient (Wildman–Crippen LogP) is 2.32. The van der Waals surface area contributed by atoms with Gasteiger partial charge in [-0.05, 0) is 55.9 Å². The summed E-state index contributed by atoms with van der Waals surface area (Å²) in [5, 5.41) is 2.95. The highest BCUT2D eigenvalue weighted by molar-refractivity contribution is 5.94. The Balaban J connectivity index is 1.69. The number of likely N-dealkylation sites (N-methyl/N-ethyl adjacent to an activating group) is 1. The molecule has 166 valence electrons. The molecule has 0 saturated carbocycles. The van der Waals surface area contributed by atoms with Crippen molar-refractivity contribution in [2.75, 3.05) is 44.2 Å². The molecule has 0 aliphatic carbocycles. The van der Waals surface area contributed by atoms with Crippen LogP contribution >= 0.6 is 0 Å². The van der Waals surface area contributed by atoms with Crippen LogP contribution in [-0.2, 0) is 4.79 Å². The van der Waals surface area contributed by atoms with Gasteiger partial charge in [0.1, 0.15) is 11.6 Å². The number of nitrogens with zero attached hydrogens (tertiary/aromatic N) is 2. The van der Waals surface area contributed by atoms with Crippen molar-refractivity contribution in [1.82, 2.24) is 10.2 Å². The second kappa shape index (κ2) is 10.3. The summed E-state index contributed by atoms with van der Waals surface area (Å²) in [4.78, 5) is 28.1. The minimum absolute atomic E-state index is 0.225. The van der Waals surface area contributed by atoms with Crippen LogP contribution in [0.3, 0.4) is 0 Å². The molecule has 0 aromatic heterocycles. The zero-order valence-corrected chi connectivity index (χ0v) is 17.9. The van der Waals surface area contributed by atoms with Crippen molar-refractivity contribution in [3.05, 3.63) is 59.4 Å². The van der Waals surface area contributed by atoms with Crippen LogP contribution in [-0.4, -0.2) is 56.0 Å². The van der Waals surface area contributed by atoms with Crippen molar-refractivity contribution in [3.8, 4) is 5.75 Å². The lowest BCUT2D eigenvalue weighted by Crippen LogP contribution is -2.46. The standard InChI is InChI=1S/C23H29FN4O3/c1-3-27-10-12-28(13-11-27)21-9-6-18(24)14-20(21)16(2)26-23(30)17-4-7-19(8-5-17)31-15-22(25)29/h4-9,14,16H,3,10-13,15H2,1-2H3,(H2,25,29)(H,26,30). The van der Waals surface area contributed by atoms with E-state index >= 15 is 0 Å². The third-order valence-corrected chi connectivity index (χ3v) is 5.46. The molecule has 0 spiro atoms. The molecule has 2 aromatic rings. The van der Waals surface area contributed by atoms with Crippen molar-refractivity contribution in [1.29, 1.82) is 0 Å². The number of piperazine rings is 1. The predicted molar refractivity (Wildman–Crippen MR) is 118 cm³/mol. The minimum Gasteiger partial charge on any atom is -0.484 e. The molecule has 1 unspecified atom stereocenters. The number of hydrogen-bond donors (Lipinski definition) is 2. The van der Waals surface area contributed by atoms with Crippen LogP contribution in [0.25, 0.3) is 0 Å². The molecule has 31 heavy (non-hydrogen) atoms. The molecule has 7 nitrogen and oxygen atoms in total. The number of hydrogen-bond acceptors (Lipinski definition) is 5. The number of nitrogens with two attached hydrogens (primary N) is 1. The van der Waals surface area contributed by atoms with Gasteiger partial charge in [0, 0.05) is 43.0 Å². The van der Waals surface area contributed by atoms with E-state index in [-0.39, 0.29) is 24.4 Å². The monoisotopic (exact) mass is 428 g/mol. The van der Waals surface area contributed by atoms with Gasteiger partial charge in [-0.15, -0.1) is 0 Å². The smallest absolute Gasteiger partial charge is 0.255 e. The van der Waals surface area contributed by atoms with Gasteiger partial charge in [0.25, 0.3) is 11.8 Å². The first-order valence-electron chi connectivity index (χ1n) is 10.5. The van der Waals surface area contributed by atoms with E-state index < -0.39 is 5.91 Å². The summed E-state index contributed by atoms with van der Waals surface area (Å²) in [6, 6.07) is 10.8. The number of anilines is 1. The summed E-state index contributed by atoms with van der Waals surface area (Å²) in [5.41, 5.74) is 7.19. The van der Waals surface area contributed by atoms with Crippen LogP contribution < -0.4 is 20.7 Å². The quantitative estimate of drug-likeness (QED) is 0.674. The number of primary amides is 1. The normalized spacial score (nSPS) is 15.4. The average Bonchev–Trinajstić information content (AvgIpc) is 2.78. The Bertz CT molecular complexity index is 912. The summed E-state index contributed by atoms with van der Waals surface area (Å²) >= 11 is 0. The average molecular weight is 429 g/mol. The summed E-state index contributed by atoms with van der Waals surface area (Å²) in [7, 11) is 0. The van der Waals surface area contributed by atoms with E-state index in [0.29, 0.717) is 11.3 Å². The van der Waals surface area contributed by atoms with Gasteiger partial charge in [0.2, 0.25) is 0 Å². The van der Waals surface area contributed by atoms with E-state index in [1.165, 1.54) is 12.1 Å². The number of amides is 2. The minimum atomic E-state index is -0.572. The Morgan fingerprint density at radius 1 is 1.13 bits per heavy atom. The SMILES string of the molecule is CCN1CCN(c2ccc(F)cc2C(C)NC(=O)c2ccc(OCC(N)=O)cc2)CC1. The number of ether oxygens (including phenoxy) is 1. The van der Waals surface area contributed by atoms with E-state index in [2.05, 4.69) is 22.0 Å². The van der Waals surface area contributed by atoms with Crippen molar-refractivity contribution < 1.29 is 18.7 Å². The topological polar surface area (TPSA) is 87.9 Å². The van der Waals surface area contributed by atoms with Crippen molar-refractivity contribution in [2.45, 2.75) is 19.9 Å². The first-order chi connectivity index (χ1) is 14.9. The van der Waals surface area contributed by atoms with Crippen LogP contribution in [0.15, 0.2) is 42.5 Å². The Kier molecular flexibility index (Phi) is 7.46. The number of benzene rings is 2. The molecule has 3 rings (SSSR count). The van der Waals surface area contributed by atoms with Gasteiger partial charge in [-0.25, -0.2) is 4.39 Å². The van der Waals surface area contributed by atoms with E-state index in [9.17, 15) is 14.0 Å². The lowest BCUT2D eigenvalue weighted by Gasteiger charge is -2.37. The Morgan fingerprint density at radius 3 is 2.42 bits per heavy atom. The van der Waals surface area contributed by atoms with Crippen LogP contribution in [0.1, 0.15) is 35.8 Å². The molecule has 1 fully saturated rings. The zero-order valence-electron chi connectivity index (χ0n) is 17.9. The zero-order chi connectivity index (χ0) is 22.4. The molecule has 3 N–H and O–H groups in total. The van der Waals surface area contributed by atoms with E-state index in [0.717, 1.165) is 44.0 Å². The fraction of sp³-hybridized carbons (Fsp3) is 0.391. The number of halogens is 1. The van der Waals surface area contributed by atoms with Gasteiger partial charge >= 0.3 is 0 Å². The van der Waals surface area contributed by atoms with Gasteiger partial charge in [0.15, 0.2) is 6.61 Å². The first kappa shape index (κ1) is 22.6. The van der Waals surface area contributed by atoms with Gasteiger partial charge < -0.3 is 25.6 Å². The van der Waals surface area contributed by atoms with Crippen LogP contribution in [0.5, 0.6) is 5.75 Å². The highest BCUT2D eigenvalue weighted by Gasteiger charge is 2.22. The third kappa shape index (κ3) is 5.95. The first-order valence-corrected chi connectivity index (χ1v) is 10.5. The molecular weight excluding hydrogens is 399 g/mol. The summed E-state index contributed by atoms with van der Waals surface area (Å²) in [6.07, 6.45) is 0. The summed E-state index contributed by atoms with van der Waals surface area (Å²) in [5.74, 6) is -0.734. The lowest BCUT2D eigenvalue weighted by molar-refractivity contribution is -0.119. The number of rotatable bonds is 8. The highest BCUT2D eigenvalue weighted by Crippen LogP contribution is 2.28. The summed E-state index contributed by atoms with van der Waals surface area (Å²) in [6.45, 7) is 8.42. The van der Waals surface area contributed by atoms with Crippen molar-refractivity contribution in [3.63, 3.8) is 0 Å². The maximum Gasteiger partial charge on any atom is 0.255 e. The molecule has 8 heteroatoms. The third-order valence-electron chi connectivity index (χ3n) is 5.46. The molecule has 2 amide bonds. The number of carbonyl (C=O) groups excluding carboxylic acids is 2. The fourth-order valence-electron chi connectivity index (χ4n) is 3.68. The van der Waals surface area contributed by atoms with Crippen molar-refractivity contribution in [2.24, 2.45) is 5.73 Å². The van der Waals surface area contributed by atoms with E-state index in [4.69, 9.17) is 10.5 Å². The molecular formula is C23H29FN4O3. The maximum absolute atomic E-state index is 14.0. The molecule has 2 aromatic carbocycles. The molecule has 1 aliphatic rings. The Hall–Kier alpha value is -3.13. The highest BCUT2D eigenvalue weighted by atomic mass is 19.1. The summed E-state index contributed by atoms with van der Waals surface area (Å²) < 4.78 is 19.2. The molecule has 1 saturated heterocycles. The van der Waals surface area contributed by atoms with Gasteiger partial charge in [-0.2, -0.15) is 0 Å². The molecule has 0 radical (unpaired) electrons. The number of nitrogens with one attached hydrogen (secondary N) is 1. The van der Waals surface area contributed by atoms with Crippen LogP contribution in [0.4, 0.5) is 10.1 Å². The maximum atomic E-state index is 14.0. The second-order valence-electron chi connectivity index (χ2n) is 7.60. The Morgan fingerprint density at radius 2 is 1.81 bits per heavy atom. The van der Waals surface area contributed by atoms with E-state index in [1.54, 1.807) is 30.3 Å². The van der Waals surface area contributed by atoms with Crippen LogP contribution in [0.2, 0.25) is 0 Å². The fourth-order valence-corrected chi connectivity index (χ4v) is 3.68. The largest absolute Gasteiger partial charge is 0.484 e. The molecule has 1 atom stereocenters. The van der Waals surface area contributed by atoms with E-state index in [1.807, 2.05) is 6.92 Å². The van der Waals surface area contributed by atoms with Crippen LogP contribution in [0, 0.1) is 5.82 Å². The molecule has 1 aliphatic heterocycles. The molecule has 1 heterocycles. The lowest BCUT2D eigenvalue weighted by atomic mass is 10.0. The van der Waals surface area contributed by atoms with Gasteiger partial charge in [-0.3, -0.25) is 9.59 Å². The molecule has 0 bridgehead atoms. The second-order valence-corrected chi connectivity index (χ2v) is 7.60.